The highest BCUT2D eigenvalue weighted by atomic mass is 35.5. The summed E-state index contributed by atoms with van der Waals surface area (Å²) in [7, 11) is 4.02. The number of ether oxygens (including phenoxy) is 3. The molecule has 45 heavy (non-hydrogen) atoms. The summed E-state index contributed by atoms with van der Waals surface area (Å²) in [4.78, 5) is 47.4. The number of carbonyl (C=O) groups is 4. The third-order valence-corrected chi connectivity index (χ3v) is 5.77. The van der Waals surface area contributed by atoms with Crippen LogP contribution in [0.15, 0.2) is 79.1 Å². The molecule has 0 radical (unpaired) electrons. The number of amides is 1. The first-order valence-corrected chi connectivity index (χ1v) is 12.9. The molecule has 0 unspecified atom stereocenters. The van der Waals surface area contributed by atoms with Crippen molar-refractivity contribution in [1.82, 2.24) is 20.5 Å². The van der Waals surface area contributed by atoms with E-state index in [-0.39, 0.29) is 36.6 Å². The Hall–Kier alpha value is -5.69. The molecular weight excluding hydrogens is 604 g/mol. The summed E-state index contributed by atoms with van der Waals surface area (Å²) >= 11 is 0. The lowest BCUT2D eigenvalue weighted by Gasteiger charge is -2.04. The first-order valence-electron chi connectivity index (χ1n) is 12.9. The van der Waals surface area contributed by atoms with Crippen LogP contribution in [0.4, 0.5) is 0 Å². The van der Waals surface area contributed by atoms with Crippen molar-refractivity contribution in [1.29, 1.82) is 5.41 Å². The lowest BCUT2D eigenvalue weighted by molar-refractivity contribution is -0.113. The van der Waals surface area contributed by atoms with Gasteiger partial charge in [0.05, 0.1) is 50.3 Å². The SMILES string of the molecule is COC(=O)c1ccc(-c2ncn[nH]2)cc1.COC(=O)c1ccc(C(=N)CNC=O)cc1.COC(=O)c1ccc(C(C)=[NH2+])cc1.[Cl-]. The average molecular weight is 637 g/mol. The summed E-state index contributed by atoms with van der Waals surface area (Å²) in [5.74, 6) is -0.421. The van der Waals surface area contributed by atoms with Gasteiger partial charge in [0.1, 0.15) is 6.33 Å². The van der Waals surface area contributed by atoms with Gasteiger partial charge < -0.3 is 37.3 Å². The number of rotatable bonds is 9. The normalized spacial score (nSPS) is 9.33. The third kappa shape index (κ3) is 11.8. The molecule has 0 aliphatic rings. The summed E-state index contributed by atoms with van der Waals surface area (Å²) in [6.07, 6.45) is 1.97. The molecule has 0 aliphatic heterocycles. The fraction of sp³-hybridized carbons (Fsp3) is 0.161. The minimum atomic E-state index is -0.413. The van der Waals surface area contributed by atoms with Crippen molar-refractivity contribution in [2.75, 3.05) is 27.9 Å². The Labute approximate surface area is 265 Å². The summed E-state index contributed by atoms with van der Waals surface area (Å²) in [5.41, 5.74) is 4.95. The summed E-state index contributed by atoms with van der Waals surface area (Å²) in [6, 6.07) is 20.3. The molecule has 236 valence electrons. The van der Waals surface area contributed by atoms with Gasteiger partial charge in [-0.1, -0.05) is 24.3 Å². The van der Waals surface area contributed by atoms with Crippen molar-refractivity contribution in [3.05, 3.63) is 107 Å². The van der Waals surface area contributed by atoms with Gasteiger partial charge in [0.15, 0.2) is 11.5 Å². The quantitative estimate of drug-likeness (QED) is 0.0761. The summed E-state index contributed by atoms with van der Waals surface area (Å²) in [6.45, 7) is 1.98. The number of halogens is 1. The number of aromatic nitrogens is 3. The van der Waals surface area contributed by atoms with Crippen LogP contribution in [0.25, 0.3) is 11.4 Å². The van der Waals surface area contributed by atoms with Crippen LogP contribution in [0.5, 0.6) is 0 Å². The zero-order valence-electron chi connectivity index (χ0n) is 25.0. The highest BCUT2D eigenvalue weighted by Gasteiger charge is 2.08. The highest BCUT2D eigenvalue weighted by Crippen LogP contribution is 2.14. The number of H-pyrrole nitrogens is 1. The van der Waals surface area contributed by atoms with E-state index in [9.17, 15) is 19.2 Å². The van der Waals surface area contributed by atoms with Crippen LogP contribution in [0.1, 0.15) is 49.1 Å². The Kier molecular flexibility index (Phi) is 16.2. The van der Waals surface area contributed by atoms with Crippen LogP contribution < -0.4 is 23.1 Å². The number of esters is 3. The molecule has 0 spiro atoms. The van der Waals surface area contributed by atoms with E-state index in [1.54, 1.807) is 72.8 Å². The molecule has 4 rings (SSSR count). The fourth-order valence-corrected chi connectivity index (χ4v) is 3.38. The number of hydrogen-bond donors (Lipinski definition) is 4. The van der Waals surface area contributed by atoms with Crippen LogP contribution in [-0.2, 0) is 19.0 Å². The zero-order chi connectivity index (χ0) is 32.5. The Bertz CT molecular complexity index is 1560. The maximum Gasteiger partial charge on any atom is 0.337 e. The number of aromatic amines is 1. The van der Waals surface area contributed by atoms with Gasteiger partial charge >= 0.3 is 17.9 Å². The Balaban J connectivity index is 0.000000336. The van der Waals surface area contributed by atoms with Crippen molar-refractivity contribution in [2.24, 2.45) is 0 Å². The van der Waals surface area contributed by atoms with Gasteiger partial charge in [-0.25, -0.2) is 19.4 Å². The van der Waals surface area contributed by atoms with E-state index in [2.05, 4.69) is 34.7 Å². The Morgan fingerprint density at radius 1 is 0.778 bits per heavy atom. The predicted molar refractivity (Wildman–Crippen MR) is 161 cm³/mol. The molecule has 0 saturated heterocycles. The second kappa shape index (κ2) is 19.5. The van der Waals surface area contributed by atoms with Crippen molar-refractivity contribution in [2.45, 2.75) is 6.92 Å². The maximum absolute atomic E-state index is 11.2. The highest BCUT2D eigenvalue weighted by molar-refractivity contribution is 6.01. The number of carbonyl (C=O) groups excluding carboxylic acids is 4. The lowest BCUT2D eigenvalue weighted by atomic mass is 10.1. The van der Waals surface area contributed by atoms with Gasteiger partial charge in [-0.2, -0.15) is 5.10 Å². The number of methoxy groups -OCH3 is 3. The van der Waals surface area contributed by atoms with Gasteiger partial charge in [0.2, 0.25) is 6.41 Å². The van der Waals surface area contributed by atoms with Crippen molar-refractivity contribution < 1.29 is 51.2 Å². The van der Waals surface area contributed by atoms with E-state index in [0.29, 0.717) is 34.5 Å². The molecule has 0 bridgehead atoms. The van der Waals surface area contributed by atoms with Crippen LogP contribution in [0, 0.1) is 5.41 Å². The van der Waals surface area contributed by atoms with E-state index in [1.807, 2.05) is 6.92 Å². The fourth-order valence-electron chi connectivity index (χ4n) is 3.38. The van der Waals surface area contributed by atoms with Crippen LogP contribution in [-0.4, -0.2) is 78.8 Å². The maximum atomic E-state index is 11.2. The Morgan fingerprint density at radius 3 is 1.53 bits per heavy atom. The largest absolute Gasteiger partial charge is 1.00 e. The molecule has 5 N–H and O–H groups in total. The van der Waals surface area contributed by atoms with Crippen molar-refractivity contribution in [3.63, 3.8) is 0 Å². The number of hydrogen-bond acceptors (Lipinski definition) is 10. The molecule has 14 heteroatoms. The molecule has 1 aromatic heterocycles. The number of nitrogens with one attached hydrogen (secondary N) is 3. The molecule has 0 fully saturated rings. The first kappa shape index (κ1) is 37.3. The smallest absolute Gasteiger partial charge is 0.337 e. The van der Waals surface area contributed by atoms with E-state index in [1.165, 1.54) is 27.7 Å². The zero-order valence-corrected chi connectivity index (χ0v) is 25.8. The Morgan fingerprint density at radius 2 is 1.18 bits per heavy atom. The van der Waals surface area contributed by atoms with Crippen LogP contribution in [0.3, 0.4) is 0 Å². The topological polar surface area (TPSA) is 199 Å². The van der Waals surface area contributed by atoms with E-state index in [4.69, 9.17) is 10.8 Å². The molecular formula is C31H33ClN6O7. The van der Waals surface area contributed by atoms with E-state index >= 15 is 0 Å². The average Bonchev–Trinajstić information content (AvgIpc) is 3.62. The third-order valence-electron chi connectivity index (χ3n) is 5.77. The molecule has 3 aromatic carbocycles. The molecule has 0 atom stereocenters. The lowest BCUT2D eigenvalue weighted by Crippen LogP contribution is -3.00. The molecule has 1 heterocycles. The molecule has 0 saturated carbocycles. The summed E-state index contributed by atoms with van der Waals surface area (Å²) < 4.78 is 13.7. The standard InChI is InChI=1S/C11H12N2O3.C10H9N3O2.C10H11NO2.ClH/c1-16-11(15)9-4-2-8(3-5-9)10(12)6-13-7-14;1-15-10(14)8-4-2-7(3-5-8)9-11-6-12-13-9;1-7(11)8-3-5-9(6-4-8)10(12)13-2;/h2-5,7,12H,6H2,1H3,(H,13,14);2-6H,1H3,(H,11,12,13);3-6,11H,1-2H3;1H. The van der Waals surface area contributed by atoms with Crippen molar-refractivity contribution >= 4 is 35.7 Å². The van der Waals surface area contributed by atoms with Gasteiger partial charge in [-0.3, -0.25) is 15.3 Å². The second-order valence-corrected chi connectivity index (χ2v) is 8.70. The molecule has 0 aliphatic carbocycles. The number of benzene rings is 3. The van der Waals surface area contributed by atoms with E-state index < -0.39 is 5.97 Å². The molecule has 13 nitrogen and oxygen atoms in total. The van der Waals surface area contributed by atoms with Crippen LogP contribution in [0.2, 0.25) is 0 Å². The molecule has 1 amide bonds. The number of nitrogens with two attached hydrogens (primary N) is 1. The minimum Gasteiger partial charge on any atom is -1.00 e. The van der Waals surface area contributed by atoms with Crippen molar-refractivity contribution in [3.8, 4) is 11.4 Å². The molecule has 4 aromatic rings. The van der Waals surface area contributed by atoms with Gasteiger partial charge in [-0.05, 0) is 54.1 Å². The van der Waals surface area contributed by atoms with Gasteiger partial charge in [0, 0.05) is 18.1 Å². The van der Waals surface area contributed by atoms with Gasteiger partial charge in [0.25, 0.3) is 0 Å². The van der Waals surface area contributed by atoms with Gasteiger partial charge in [-0.15, -0.1) is 0 Å². The monoisotopic (exact) mass is 636 g/mol. The number of nitrogens with zero attached hydrogens (tertiary/aromatic N) is 2. The minimum absolute atomic E-state index is 0. The second-order valence-electron chi connectivity index (χ2n) is 8.70. The summed E-state index contributed by atoms with van der Waals surface area (Å²) in [5, 5.41) is 22.1. The predicted octanol–water partition coefficient (Wildman–Crippen LogP) is -1.11. The van der Waals surface area contributed by atoms with E-state index in [0.717, 1.165) is 16.8 Å². The van der Waals surface area contributed by atoms with Crippen LogP contribution >= 0.6 is 0 Å². The first-order chi connectivity index (χ1) is 21.1.